The van der Waals surface area contributed by atoms with Crippen LogP contribution in [0.4, 0.5) is 0 Å². The lowest BCUT2D eigenvalue weighted by molar-refractivity contribution is -0.139. The second-order valence-electron chi connectivity index (χ2n) is 7.96. The highest BCUT2D eigenvalue weighted by atomic mass is 16.7. The number of rotatable bonds is 7. The lowest BCUT2D eigenvalue weighted by atomic mass is 9.84. The van der Waals surface area contributed by atoms with Crippen LogP contribution in [-0.2, 0) is 22.6 Å². The summed E-state index contributed by atoms with van der Waals surface area (Å²) in [4.78, 5) is 30.5. The predicted molar refractivity (Wildman–Crippen MR) is 110 cm³/mol. The number of amides is 1. The van der Waals surface area contributed by atoms with E-state index in [-0.39, 0.29) is 24.6 Å². The minimum atomic E-state index is -0.364. The molecule has 0 radical (unpaired) electrons. The lowest BCUT2D eigenvalue weighted by Gasteiger charge is -2.32. The van der Waals surface area contributed by atoms with Crippen molar-refractivity contribution < 1.29 is 23.8 Å². The van der Waals surface area contributed by atoms with Gasteiger partial charge >= 0.3 is 5.97 Å². The third-order valence-corrected chi connectivity index (χ3v) is 6.00. The van der Waals surface area contributed by atoms with Gasteiger partial charge in [-0.05, 0) is 62.4 Å². The number of benzene rings is 1. The van der Waals surface area contributed by atoms with Crippen molar-refractivity contribution in [2.24, 2.45) is 5.92 Å². The molecule has 1 aromatic heterocycles. The minimum Gasteiger partial charge on any atom is -0.461 e. The summed E-state index contributed by atoms with van der Waals surface area (Å²) < 4.78 is 16.0. The van der Waals surface area contributed by atoms with E-state index in [1.807, 2.05) is 36.9 Å². The molecule has 1 fully saturated rings. The molecule has 2 heterocycles. The molecule has 0 unspecified atom stereocenters. The quantitative estimate of drug-likeness (QED) is 0.699. The molecule has 0 saturated heterocycles. The Labute approximate surface area is 176 Å². The molecule has 2 aliphatic rings. The van der Waals surface area contributed by atoms with Crippen molar-refractivity contribution in [3.05, 3.63) is 46.3 Å². The molecule has 1 amide bonds. The summed E-state index contributed by atoms with van der Waals surface area (Å²) in [6, 6.07) is 5.79. The molecule has 7 heteroatoms. The number of nitrogens with one attached hydrogen (secondary N) is 1. The molecular formula is C23H28N2O5. The Morgan fingerprint density at radius 1 is 1.17 bits per heavy atom. The van der Waals surface area contributed by atoms with Crippen molar-refractivity contribution in [2.75, 3.05) is 13.4 Å². The number of hydrogen-bond acceptors (Lipinski definition) is 5. The summed E-state index contributed by atoms with van der Waals surface area (Å²) in [5, 5.41) is 0. The normalized spacial score (nSPS) is 15.0. The second kappa shape index (κ2) is 8.42. The van der Waals surface area contributed by atoms with Gasteiger partial charge in [0.1, 0.15) is 5.69 Å². The fourth-order valence-corrected chi connectivity index (χ4v) is 4.01. The van der Waals surface area contributed by atoms with E-state index in [0.717, 1.165) is 47.4 Å². The maximum absolute atomic E-state index is 13.2. The summed E-state index contributed by atoms with van der Waals surface area (Å²) >= 11 is 0. The highest BCUT2D eigenvalue weighted by Crippen LogP contribution is 2.34. The van der Waals surface area contributed by atoms with E-state index in [4.69, 9.17) is 14.2 Å². The van der Waals surface area contributed by atoms with Gasteiger partial charge in [-0.25, -0.2) is 4.79 Å². The van der Waals surface area contributed by atoms with Crippen molar-refractivity contribution >= 4 is 11.9 Å². The van der Waals surface area contributed by atoms with Gasteiger partial charge in [-0.3, -0.25) is 4.79 Å². The fourth-order valence-electron chi connectivity index (χ4n) is 4.01. The van der Waals surface area contributed by atoms with Crippen LogP contribution in [-0.4, -0.2) is 35.2 Å². The molecule has 4 rings (SSSR count). The van der Waals surface area contributed by atoms with Gasteiger partial charge in [0.2, 0.25) is 12.7 Å². The molecule has 160 valence electrons. The van der Waals surface area contributed by atoms with Gasteiger partial charge in [0.25, 0.3) is 0 Å². The number of aromatic nitrogens is 1. The first-order valence-electron chi connectivity index (χ1n) is 10.5. The summed E-state index contributed by atoms with van der Waals surface area (Å²) in [5.41, 5.74) is 4.13. The standard InChI is InChI=1S/C23H28N2O5/c1-4-28-23(27)21-14(2)18(15(3)24-21)12-25(22(26)17-6-5-7-17)11-16-8-9-19-20(10-16)30-13-29-19/h8-10,17,24H,4-7,11-13H2,1-3H3. The fraction of sp³-hybridized carbons (Fsp3) is 0.478. The Bertz CT molecular complexity index is 961. The molecule has 0 spiro atoms. The molecule has 0 bridgehead atoms. The minimum absolute atomic E-state index is 0.0862. The smallest absolute Gasteiger partial charge is 0.355 e. The third kappa shape index (κ3) is 3.88. The van der Waals surface area contributed by atoms with Crippen LogP contribution in [0.2, 0.25) is 0 Å². The van der Waals surface area contributed by atoms with Crippen LogP contribution in [0.1, 0.15) is 59.1 Å². The lowest BCUT2D eigenvalue weighted by Crippen LogP contribution is -2.38. The van der Waals surface area contributed by atoms with Gasteiger partial charge in [0.15, 0.2) is 11.5 Å². The number of aryl methyl sites for hydroxylation is 1. The van der Waals surface area contributed by atoms with Gasteiger partial charge in [-0.2, -0.15) is 0 Å². The predicted octanol–water partition coefficient (Wildman–Crippen LogP) is 3.87. The zero-order valence-corrected chi connectivity index (χ0v) is 17.7. The maximum Gasteiger partial charge on any atom is 0.355 e. The van der Waals surface area contributed by atoms with E-state index >= 15 is 0 Å². The average Bonchev–Trinajstić information content (AvgIpc) is 3.25. The van der Waals surface area contributed by atoms with Gasteiger partial charge in [-0.15, -0.1) is 0 Å². The van der Waals surface area contributed by atoms with Crippen molar-refractivity contribution in [3.63, 3.8) is 0 Å². The van der Waals surface area contributed by atoms with E-state index in [1.54, 1.807) is 6.92 Å². The Kier molecular flexibility index (Phi) is 5.70. The van der Waals surface area contributed by atoms with Gasteiger partial charge in [0.05, 0.1) is 6.61 Å². The average molecular weight is 412 g/mol. The summed E-state index contributed by atoms with van der Waals surface area (Å²) in [7, 11) is 0. The molecule has 0 atom stereocenters. The zero-order chi connectivity index (χ0) is 21.3. The second-order valence-corrected chi connectivity index (χ2v) is 7.96. The first kappa shape index (κ1) is 20.3. The molecule has 1 aliphatic carbocycles. The highest BCUT2D eigenvalue weighted by Gasteiger charge is 2.31. The number of H-pyrrole nitrogens is 1. The molecule has 7 nitrogen and oxygen atoms in total. The number of ether oxygens (including phenoxy) is 3. The van der Waals surface area contributed by atoms with Crippen molar-refractivity contribution in [3.8, 4) is 11.5 Å². The number of esters is 1. The van der Waals surface area contributed by atoms with Crippen LogP contribution in [0, 0.1) is 19.8 Å². The van der Waals surface area contributed by atoms with Crippen molar-refractivity contribution in [1.29, 1.82) is 0 Å². The summed E-state index contributed by atoms with van der Waals surface area (Å²) in [5.74, 6) is 1.32. The topological polar surface area (TPSA) is 80.9 Å². The maximum atomic E-state index is 13.2. The van der Waals surface area contributed by atoms with E-state index in [2.05, 4.69) is 4.98 Å². The summed E-state index contributed by atoms with van der Waals surface area (Å²) in [6.07, 6.45) is 2.98. The molecule has 1 saturated carbocycles. The third-order valence-electron chi connectivity index (χ3n) is 6.00. The van der Waals surface area contributed by atoms with E-state index in [9.17, 15) is 9.59 Å². The Morgan fingerprint density at radius 3 is 2.63 bits per heavy atom. The molecule has 1 N–H and O–H groups in total. The number of carbonyl (C=O) groups is 2. The summed E-state index contributed by atoms with van der Waals surface area (Å²) in [6.45, 7) is 7.08. The van der Waals surface area contributed by atoms with Gasteiger partial charge < -0.3 is 24.1 Å². The van der Waals surface area contributed by atoms with Crippen LogP contribution >= 0.6 is 0 Å². The van der Waals surface area contributed by atoms with Crippen molar-refractivity contribution in [2.45, 2.75) is 53.1 Å². The number of hydrogen-bond donors (Lipinski definition) is 1. The molecule has 1 aliphatic heterocycles. The number of fused-ring (bicyclic) bond motifs is 1. The zero-order valence-electron chi connectivity index (χ0n) is 17.7. The highest BCUT2D eigenvalue weighted by molar-refractivity contribution is 5.90. The van der Waals surface area contributed by atoms with Crippen LogP contribution in [0.3, 0.4) is 0 Å². The van der Waals surface area contributed by atoms with Crippen LogP contribution in [0.15, 0.2) is 18.2 Å². The van der Waals surface area contributed by atoms with Gasteiger partial charge in [-0.1, -0.05) is 12.5 Å². The van der Waals surface area contributed by atoms with E-state index < -0.39 is 0 Å². The first-order chi connectivity index (χ1) is 14.5. The number of nitrogens with zero attached hydrogens (tertiary/aromatic N) is 1. The SMILES string of the molecule is CCOC(=O)c1[nH]c(C)c(CN(Cc2ccc3c(c2)OCO3)C(=O)C2CCC2)c1C. The van der Waals surface area contributed by atoms with E-state index in [0.29, 0.717) is 31.1 Å². The largest absolute Gasteiger partial charge is 0.461 e. The number of aromatic amines is 1. The van der Waals surface area contributed by atoms with Crippen LogP contribution < -0.4 is 9.47 Å². The number of carbonyl (C=O) groups excluding carboxylic acids is 2. The first-order valence-corrected chi connectivity index (χ1v) is 10.5. The van der Waals surface area contributed by atoms with E-state index in [1.165, 1.54) is 0 Å². The van der Waals surface area contributed by atoms with Crippen LogP contribution in [0.25, 0.3) is 0 Å². The molecule has 1 aromatic carbocycles. The van der Waals surface area contributed by atoms with Gasteiger partial charge in [0, 0.05) is 24.7 Å². The Balaban J connectivity index is 1.59. The van der Waals surface area contributed by atoms with Crippen molar-refractivity contribution in [1.82, 2.24) is 9.88 Å². The Hall–Kier alpha value is -2.96. The molecular weight excluding hydrogens is 384 g/mol. The Morgan fingerprint density at radius 2 is 1.93 bits per heavy atom. The molecule has 2 aromatic rings. The molecule has 30 heavy (non-hydrogen) atoms. The monoisotopic (exact) mass is 412 g/mol. The van der Waals surface area contributed by atoms with Crippen LogP contribution in [0.5, 0.6) is 11.5 Å².